The minimum absolute atomic E-state index is 0.00340. The summed E-state index contributed by atoms with van der Waals surface area (Å²) in [5.41, 5.74) is 1.45. The average molecular weight is 345 g/mol. The van der Waals surface area contributed by atoms with Gasteiger partial charge in [-0.3, -0.25) is 4.68 Å². The van der Waals surface area contributed by atoms with E-state index in [2.05, 4.69) is 17.0 Å². The summed E-state index contributed by atoms with van der Waals surface area (Å²) in [5.74, 6) is 0.204. The number of rotatable bonds is 5. The van der Waals surface area contributed by atoms with Gasteiger partial charge in [-0.1, -0.05) is 6.07 Å². The number of aryl methyl sites for hydroxylation is 1. The Bertz CT molecular complexity index is 772. The summed E-state index contributed by atoms with van der Waals surface area (Å²) in [7, 11) is 5.41. The standard InChI is InChI=1S/C18H23N3O4/c1-20-9-5-6-12(11-20)25-17-13(7-4-8-16(17)24-3)15-10-14(18(22)23)19-21(15)2/h4,7-8,10,12H,5-6,9,11H2,1-3H3,(H,22,23). The molecule has 0 amide bonds. The van der Waals surface area contributed by atoms with Gasteiger partial charge >= 0.3 is 5.97 Å². The number of carboxylic acid groups (broad SMARTS) is 1. The van der Waals surface area contributed by atoms with Crippen LogP contribution in [0.25, 0.3) is 11.3 Å². The van der Waals surface area contributed by atoms with Gasteiger partial charge in [-0.2, -0.15) is 5.10 Å². The van der Waals surface area contributed by atoms with Gasteiger partial charge in [0.2, 0.25) is 0 Å². The molecule has 1 N–H and O–H groups in total. The summed E-state index contributed by atoms with van der Waals surface area (Å²) < 4.78 is 13.3. The van der Waals surface area contributed by atoms with E-state index < -0.39 is 5.97 Å². The molecule has 1 unspecified atom stereocenters. The summed E-state index contributed by atoms with van der Waals surface area (Å²) >= 11 is 0. The Morgan fingerprint density at radius 2 is 2.16 bits per heavy atom. The number of likely N-dealkylation sites (tertiary alicyclic amines) is 1. The Hall–Kier alpha value is -2.54. The Morgan fingerprint density at radius 1 is 1.36 bits per heavy atom. The third-order valence-corrected chi connectivity index (χ3v) is 4.44. The fourth-order valence-electron chi connectivity index (χ4n) is 3.21. The zero-order valence-electron chi connectivity index (χ0n) is 14.7. The lowest BCUT2D eigenvalue weighted by Gasteiger charge is -2.31. The van der Waals surface area contributed by atoms with Crippen molar-refractivity contribution < 1.29 is 19.4 Å². The highest BCUT2D eigenvalue weighted by atomic mass is 16.5. The maximum absolute atomic E-state index is 11.2. The van der Waals surface area contributed by atoms with Gasteiger partial charge < -0.3 is 19.5 Å². The molecule has 3 rings (SSSR count). The molecule has 1 saturated heterocycles. The fraction of sp³-hybridized carbons (Fsp3) is 0.444. The molecular formula is C18H23N3O4. The van der Waals surface area contributed by atoms with Crippen LogP contribution in [-0.4, -0.2) is 59.1 Å². The van der Waals surface area contributed by atoms with E-state index >= 15 is 0 Å². The first kappa shape index (κ1) is 17.3. The van der Waals surface area contributed by atoms with E-state index in [9.17, 15) is 9.90 Å². The molecule has 1 aromatic heterocycles. The van der Waals surface area contributed by atoms with Gasteiger partial charge in [0.15, 0.2) is 17.2 Å². The highest BCUT2D eigenvalue weighted by Gasteiger charge is 2.24. The topological polar surface area (TPSA) is 76.8 Å². The van der Waals surface area contributed by atoms with Crippen LogP contribution in [0.5, 0.6) is 11.5 Å². The van der Waals surface area contributed by atoms with E-state index in [1.54, 1.807) is 24.9 Å². The number of methoxy groups -OCH3 is 1. The second-order valence-corrected chi connectivity index (χ2v) is 6.32. The van der Waals surface area contributed by atoms with Crippen LogP contribution in [0, 0.1) is 0 Å². The maximum Gasteiger partial charge on any atom is 0.356 e. The van der Waals surface area contributed by atoms with E-state index in [0.29, 0.717) is 17.2 Å². The van der Waals surface area contributed by atoms with Crippen LogP contribution in [0.3, 0.4) is 0 Å². The number of benzene rings is 1. The van der Waals surface area contributed by atoms with Gasteiger partial charge in [-0.25, -0.2) is 4.79 Å². The van der Waals surface area contributed by atoms with Crippen molar-refractivity contribution in [1.29, 1.82) is 0 Å². The highest BCUT2D eigenvalue weighted by molar-refractivity contribution is 5.87. The Morgan fingerprint density at radius 3 is 2.80 bits per heavy atom. The minimum Gasteiger partial charge on any atom is -0.493 e. The SMILES string of the molecule is COc1cccc(-c2cc(C(=O)O)nn2C)c1OC1CCCN(C)C1. The van der Waals surface area contributed by atoms with Gasteiger partial charge in [0, 0.05) is 19.2 Å². The zero-order chi connectivity index (χ0) is 18.0. The molecule has 1 aromatic carbocycles. The molecule has 1 aliphatic heterocycles. The normalized spacial score (nSPS) is 18.1. The van der Waals surface area contributed by atoms with Crippen molar-refractivity contribution in [2.45, 2.75) is 18.9 Å². The molecule has 1 atom stereocenters. The van der Waals surface area contributed by atoms with Gasteiger partial charge in [0.25, 0.3) is 0 Å². The highest BCUT2D eigenvalue weighted by Crippen LogP contribution is 2.39. The molecule has 0 spiro atoms. The van der Waals surface area contributed by atoms with Crippen molar-refractivity contribution in [2.75, 3.05) is 27.2 Å². The third kappa shape index (κ3) is 3.61. The van der Waals surface area contributed by atoms with Crippen molar-refractivity contribution in [3.63, 3.8) is 0 Å². The predicted octanol–water partition coefficient (Wildman–Crippen LogP) is 2.27. The first-order chi connectivity index (χ1) is 12.0. The van der Waals surface area contributed by atoms with Crippen LogP contribution < -0.4 is 9.47 Å². The van der Waals surface area contributed by atoms with Gasteiger partial charge in [0.1, 0.15) is 6.10 Å². The van der Waals surface area contributed by atoms with E-state index in [-0.39, 0.29) is 11.8 Å². The summed E-state index contributed by atoms with van der Waals surface area (Å²) in [4.78, 5) is 13.5. The molecule has 7 heteroatoms. The molecule has 1 aliphatic rings. The number of carbonyl (C=O) groups is 1. The van der Waals surface area contributed by atoms with Crippen LogP contribution in [0.2, 0.25) is 0 Å². The Balaban J connectivity index is 2.00. The minimum atomic E-state index is -1.05. The number of nitrogens with zero attached hydrogens (tertiary/aromatic N) is 3. The second-order valence-electron chi connectivity index (χ2n) is 6.32. The molecule has 1 fully saturated rings. The van der Waals surface area contributed by atoms with Crippen molar-refractivity contribution >= 4 is 5.97 Å². The number of aromatic nitrogens is 2. The van der Waals surface area contributed by atoms with Crippen LogP contribution in [0.15, 0.2) is 24.3 Å². The summed E-state index contributed by atoms with van der Waals surface area (Å²) in [6, 6.07) is 7.16. The van der Waals surface area contributed by atoms with Crippen molar-refractivity contribution in [1.82, 2.24) is 14.7 Å². The van der Waals surface area contributed by atoms with Gasteiger partial charge in [0.05, 0.1) is 12.8 Å². The second kappa shape index (κ2) is 7.14. The number of likely N-dealkylation sites (N-methyl/N-ethyl adjacent to an activating group) is 1. The number of ether oxygens (including phenoxy) is 2. The molecule has 0 saturated carbocycles. The summed E-state index contributed by atoms with van der Waals surface area (Å²) in [6.07, 6.45) is 2.13. The number of hydrogen-bond acceptors (Lipinski definition) is 5. The van der Waals surface area contributed by atoms with E-state index in [1.165, 1.54) is 0 Å². The van der Waals surface area contributed by atoms with Crippen LogP contribution in [0.4, 0.5) is 0 Å². The van der Waals surface area contributed by atoms with Crippen molar-refractivity contribution in [2.24, 2.45) is 7.05 Å². The smallest absolute Gasteiger partial charge is 0.356 e. The fourth-order valence-corrected chi connectivity index (χ4v) is 3.21. The third-order valence-electron chi connectivity index (χ3n) is 4.44. The average Bonchev–Trinajstić information content (AvgIpc) is 2.97. The molecule has 2 heterocycles. The maximum atomic E-state index is 11.2. The van der Waals surface area contributed by atoms with E-state index in [1.807, 2.05) is 18.2 Å². The zero-order valence-corrected chi connectivity index (χ0v) is 14.7. The first-order valence-corrected chi connectivity index (χ1v) is 8.29. The number of carboxylic acids is 1. The Labute approximate surface area is 146 Å². The number of para-hydroxylation sites is 1. The lowest BCUT2D eigenvalue weighted by Crippen LogP contribution is -2.38. The van der Waals surface area contributed by atoms with Crippen LogP contribution in [0.1, 0.15) is 23.3 Å². The molecule has 0 bridgehead atoms. The van der Waals surface area contributed by atoms with Gasteiger partial charge in [-0.05, 0) is 44.6 Å². The lowest BCUT2D eigenvalue weighted by molar-refractivity contribution is 0.0689. The van der Waals surface area contributed by atoms with Crippen molar-refractivity contribution in [3.8, 4) is 22.8 Å². The van der Waals surface area contributed by atoms with Gasteiger partial charge in [-0.15, -0.1) is 0 Å². The molecule has 25 heavy (non-hydrogen) atoms. The lowest BCUT2D eigenvalue weighted by atomic mass is 10.1. The summed E-state index contributed by atoms with van der Waals surface area (Å²) in [6.45, 7) is 1.92. The number of piperidine rings is 1. The quantitative estimate of drug-likeness (QED) is 0.896. The molecule has 2 aromatic rings. The predicted molar refractivity (Wildman–Crippen MR) is 93.3 cm³/mol. The first-order valence-electron chi connectivity index (χ1n) is 8.29. The molecule has 0 radical (unpaired) electrons. The van der Waals surface area contributed by atoms with Crippen LogP contribution in [-0.2, 0) is 7.05 Å². The molecular weight excluding hydrogens is 322 g/mol. The number of aromatic carboxylic acids is 1. The van der Waals surface area contributed by atoms with E-state index in [4.69, 9.17) is 9.47 Å². The molecule has 134 valence electrons. The van der Waals surface area contributed by atoms with Crippen molar-refractivity contribution in [3.05, 3.63) is 30.0 Å². The van der Waals surface area contributed by atoms with E-state index in [0.717, 1.165) is 31.5 Å². The van der Waals surface area contributed by atoms with Crippen LogP contribution >= 0.6 is 0 Å². The largest absolute Gasteiger partial charge is 0.493 e. The molecule has 7 nitrogen and oxygen atoms in total. The molecule has 0 aliphatic carbocycles. The number of hydrogen-bond donors (Lipinski definition) is 1. The monoisotopic (exact) mass is 345 g/mol. The summed E-state index contributed by atoms with van der Waals surface area (Å²) in [5, 5.41) is 13.2. The Kier molecular flexibility index (Phi) is 4.94.